The number of benzene rings is 10. The van der Waals surface area contributed by atoms with Gasteiger partial charge >= 0.3 is 0 Å². The van der Waals surface area contributed by atoms with Gasteiger partial charge in [-0.1, -0.05) is 206 Å². The standard InChI is InChI=1S/C61H45NO/c1-5-15-44(16-6-1)46-30-27-43(28-31-46)29-41-54(48-34-32-47(33-35-48)45-17-7-2-8-18-45)49-36-38-50(39-37-49)55-24-14-26-58-60(55)56-25-13-19-51-40-42-57(61(63-58)59(51)56)62(52-20-9-3-10-21-52)53-22-11-4-12-23-53/h1-28,30-40,42,54H,29,41H2. The van der Waals surface area contributed by atoms with Gasteiger partial charge in [-0.05, 0) is 110 Å². The van der Waals surface area contributed by atoms with Crippen LogP contribution in [0, 0.1) is 0 Å². The predicted octanol–water partition coefficient (Wildman–Crippen LogP) is 16.8. The maximum atomic E-state index is 7.09. The van der Waals surface area contributed by atoms with Crippen LogP contribution in [-0.2, 0) is 6.42 Å². The highest BCUT2D eigenvalue weighted by Gasteiger charge is 2.28. The number of anilines is 3. The lowest BCUT2D eigenvalue weighted by Crippen LogP contribution is -2.12. The molecular weight excluding hydrogens is 763 g/mol. The van der Waals surface area contributed by atoms with Gasteiger partial charge in [0.2, 0.25) is 0 Å². The first-order valence-electron chi connectivity index (χ1n) is 21.9. The van der Waals surface area contributed by atoms with Crippen molar-refractivity contribution in [2.45, 2.75) is 18.8 Å². The van der Waals surface area contributed by atoms with E-state index in [-0.39, 0.29) is 5.92 Å². The van der Waals surface area contributed by atoms with E-state index in [1.54, 1.807) is 0 Å². The van der Waals surface area contributed by atoms with Crippen molar-refractivity contribution in [1.29, 1.82) is 0 Å². The Bertz CT molecular complexity index is 3110. The van der Waals surface area contributed by atoms with Crippen LogP contribution >= 0.6 is 0 Å². The zero-order valence-electron chi connectivity index (χ0n) is 34.9. The highest BCUT2D eigenvalue weighted by molar-refractivity contribution is 6.10. The molecule has 11 rings (SSSR count). The van der Waals surface area contributed by atoms with Gasteiger partial charge in [-0.25, -0.2) is 0 Å². The summed E-state index contributed by atoms with van der Waals surface area (Å²) in [5, 5.41) is 2.28. The first-order valence-corrected chi connectivity index (χ1v) is 21.9. The maximum Gasteiger partial charge on any atom is 0.159 e. The van der Waals surface area contributed by atoms with E-state index in [0.29, 0.717) is 0 Å². The van der Waals surface area contributed by atoms with Crippen LogP contribution in [0.15, 0.2) is 243 Å². The molecule has 1 heterocycles. The molecule has 2 heteroatoms. The highest BCUT2D eigenvalue weighted by Crippen LogP contribution is 2.55. The first kappa shape index (κ1) is 38.0. The summed E-state index contributed by atoms with van der Waals surface area (Å²) in [6.45, 7) is 0. The number of hydrogen-bond donors (Lipinski definition) is 0. The van der Waals surface area contributed by atoms with Crippen LogP contribution < -0.4 is 9.64 Å². The van der Waals surface area contributed by atoms with Gasteiger partial charge in [0, 0.05) is 28.2 Å². The van der Waals surface area contributed by atoms with Crippen LogP contribution in [0.2, 0.25) is 0 Å². The fourth-order valence-electron chi connectivity index (χ4n) is 9.41. The molecule has 2 nitrogen and oxygen atoms in total. The summed E-state index contributed by atoms with van der Waals surface area (Å²) in [6, 6.07) is 87.5. The molecule has 300 valence electrons. The molecule has 63 heavy (non-hydrogen) atoms. The van der Waals surface area contributed by atoms with Crippen LogP contribution in [0.1, 0.15) is 29.0 Å². The van der Waals surface area contributed by atoms with Gasteiger partial charge in [-0.15, -0.1) is 0 Å². The Kier molecular flexibility index (Phi) is 10.2. The van der Waals surface area contributed by atoms with Crippen LogP contribution in [0.25, 0.3) is 55.3 Å². The second kappa shape index (κ2) is 16.8. The molecule has 1 aliphatic heterocycles. The molecule has 0 bridgehead atoms. The largest absolute Gasteiger partial charge is 0.454 e. The molecule has 0 spiro atoms. The molecule has 1 aliphatic rings. The third kappa shape index (κ3) is 7.47. The Morgan fingerprint density at radius 3 is 1.46 bits per heavy atom. The Hall–Kier alpha value is -7.94. The Balaban J connectivity index is 0.950. The zero-order chi connectivity index (χ0) is 42.0. The summed E-state index contributed by atoms with van der Waals surface area (Å²) in [5.74, 6) is 1.95. The van der Waals surface area contributed by atoms with Crippen molar-refractivity contribution >= 4 is 27.8 Å². The quantitative estimate of drug-likeness (QED) is 0.129. The Morgan fingerprint density at radius 2 is 0.873 bits per heavy atom. The minimum absolute atomic E-state index is 0.224. The third-order valence-electron chi connectivity index (χ3n) is 12.6. The normalized spacial score (nSPS) is 12.0. The van der Waals surface area contributed by atoms with Gasteiger partial charge in [-0.3, -0.25) is 0 Å². The molecule has 0 aliphatic carbocycles. The lowest BCUT2D eigenvalue weighted by molar-refractivity contribution is 0.488. The third-order valence-corrected chi connectivity index (χ3v) is 12.6. The van der Waals surface area contributed by atoms with Crippen molar-refractivity contribution in [3.63, 3.8) is 0 Å². The number of fused-ring (bicyclic) bond motifs is 2. The minimum Gasteiger partial charge on any atom is -0.454 e. The second-order valence-corrected chi connectivity index (χ2v) is 16.4. The van der Waals surface area contributed by atoms with Crippen molar-refractivity contribution in [1.82, 2.24) is 0 Å². The zero-order valence-corrected chi connectivity index (χ0v) is 34.9. The first-order chi connectivity index (χ1) is 31.2. The van der Waals surface area contributed by atoms with E-state index < -0.39 is 0 Å². The molecule has 0 amide bonds. The Labute approximate surface area is 370 Å². The van der Waals surface area contributed by atoms with Crippen molar-refractivity contribution in [3.8, 4) is 56.0 Å². The van der Waals surface area contributed by atoms with Crippen molar-refractivity contribution in [3.05, 3.63) is 259 Å². The van der Waals surface area contributed by atoms with Crippen molar-refractivity contribution in [2.75, 3.05) is 4.90 Å². The number of hydrogen-bond acceptors (Lipinski definition) is 2. The summed E-state index contributed by atoms with van der Waals surface area (Å²) < 4.78 is 7.09. The van der Waals surface area contributed by atoms with Crippen molar-refractivity contribution < 1.29 is 4.74 Å². The molecule has 10 aromatic rings. The molecular formula is C61H45NO. The summed E-state index contributed by atoms with van der Waals surface area (Å²) in [5.41, 5.74) is 16.7. The van der Waals surface area contributed by atoms with E-state index in [0.717, 1.165) is 63.3 Å². The van der Waals surface area contributed by atoms with E-state index in [9.17, 15) is 0 Å². The van der Waals surface area contributed by atoms with Gasteiger partial charge < -0.3 is 9.64 Å². The number of ether oxygens (including phenoxy) is 1. The SMILES string of the molecule is c1ccc(-c2ccc(CCC(c3ccc(-c4ccccc4)cc3)c3ccc(-c4cccc5c4-c4cccc6ccc(N(c7ccccc7)c7ccccc7)c(c46)O5)cc3)cc2)cc1. The lowest BCUT2D eigenvalue weighted by Gasteiger charge is -2.31. The van der Waals surface area contributed by atoms with E-state index in [4.69, 9.17) is 4.74 Å². The molecule has 0 saturated heterocycles. The fraction of sp³-hybridized carbons (Fsp3) is 0.0492. The molecule has 0 fully saturated rings. The van der Waals surface area contributed by atoms with E-state index >= 15 is 0 Å². The highest BCUT2D eigenvalue weighted by atomic mass is 16.5. The summed E-state index contributed by atoms with van der Waals surface area (Å²) in [4.78, 5) is 2.30. The van der Waals surface area contributed by atoms with Crippen molar-refractivity contribution in [2.24, 2.45) is 0 Å². The number of rotatable bonds is 11. The minimum atomic E-state index is 0.224. The smallest absolute Gasteiger partial charge is 0.159 e. The molecule has 0 saturated carbocycles. The van der Waals surface area contributed by atoms with Gasteiger partial charge in [0.1, 0.15) is 5.75 Å². The van der Waals surface area contributed by atoms with Crippen LogP contribution in [0.4, 0.5) is 17.1 Å². The van der Waals surface area contributed by atoms with Gasteiger partial charge in [0.25, 0.3) is 0 Å². The average molecular weight is 808 g/mol. The van der Waals surface area contributed by atoms with E-state index in [1.807, 2.05) is 0 Å². The lowest BCUT2D eigenvalue weighted by atomic mass is 9.84. The number of aryl methyl sites for hydroxylation is 1. The number of nitrogens with zero attached hydrogens (tertiary/aromatic N) is 1. The summed E-state index contributed by atoms with van der Waals surface area (Å²) in [7, 11) is 0. The Morgan fingerprint density at radius 1 is 0.381 bits per heavy atom. The molecule has 0 N–H and O–H groups in total. The van der Waals surface area contributed by atoms with Gasteiger partial charge in [0.15, 0.2) is 5.75 Å². The maximum absolute atomic E-state index is 7.09. The molecule has 0 aromatic heterocycles. The van der Waals surface area contributed by atoms with E-state index in [1.165, 1.54) is 50.1 Å². The molecule has 1 atom stereocenters. The fourth-order valence-corrected chi connectivity index (χ4v) is 9.41. The van der Waals surface area contributed by atoms with Gasteiger partial charge in [-0.2, -0.15) is 0 Å². The van der Waals surface area contributed by atoms with Gasteiger partial charge in [0.05, 0.1) is 5.69 Å². The predicted molar refractivity (Wildman–Crippen MR) is 263 cm³/mol. The number of para-hydroxylation sites is 2. The van der Waals surface area contributed by atoms with Crippen LogP contribution in [0.5, 0.6) is 11.5 Å². The second-order valence-electron chi connectivity index (χ2n) is 16.4. The van der Waals surface area contributed by atoms with Crippen LogP contribution in [-0.4, -0.2) is 0 Å². The molecule has 10 aromatic carbocycles. The monoisotopic (exact) mass is 807 g/mol. The summed E-state index contributed by atoms with van der Waals surface area (Å²) in [6.07, 6.45) is 1.97. The average Bonchev–Trinajstić information content (AvgIpc) is 3.36. The topological polar surface area (TPSA) is 12.5 Å². The van der Waals surface area contributed by atoms with Crippen LogP contribution in [0.3, 0.4) is 0 Å². The van der Waals surface area contributed by atoms with E-state index in [2.05, 4.69) is 248 Å². The molecule has 1 unspecified atom stereocenters. The molecule has 0 radical (unpaired) electrons. The summed E-state index contributed by atoms with van der Waals surface area (Å²) >= 11 is 0.